The second-order valence-electron chi connectivity index (χ2n) is 6.95. The predicted molar refractivity (Wildman–Crippen MR) is 82.0 cm³/mol. The number of rotatable bonds is 3. The van der Waals surface area contributed by atoms with E-state index < -0.39 is 0 Å². The van der Waals surface area contributed by atoms with Crippen molar-refractivity contribution in [2.75, 3.05) is 0 Å². The van der Waals surface area contributed by atoms with E-state index in [2.05, 4.69) is 19.3 Å². The number of fused-ring (bicyclic) bond motifs is 1. The van der Waals surface area contributed by atoms with Crippen molar-refractivity contribution in [3.8, 4) is 0 Å². The highest BCUT2D eigenvalue weighted by atomic mass is 19.1. The Kier molecular flexibility index (Phi) is 3.76. The minimum Gasteiger partial charge on any atom is -0.456 e. The molecular formula is C17H23FN2O. The van der Waals surface area contributed by atoms with Crippen LogP contribution >= 0.6 is 0 Å². The molecule has 0 aliphatic heterocycles. The molecule has 1 atom stereocenters. The summed E-state index contributed by atoms with van der Waals surface area (Å²) in [5.74, 6) is 6.61. The second kappa shape index (κ2) is 5.43. The maximum Gasteiger partial charge on any atom is 0.169 e. The maximum absolute atomic E-state index is 13.8. The van der Waals surface area contributed by atoms with Crippen molar-refractivity contribution >= 4 is 11.0 Å². The van der Waals surface area contributed by atoms with Crippen molar-refractivity contribution in [2.45, 2.75) is 45.6 Å². The zero-order valence-electron chi connectivity index (χ0n) is 12.7. The van der Waals surface area contributed by atoms with Gasteiger partial charge in [-0.15, -0.1) is 0 Å². The largest absolute Gasteiger partial charge is 0.456 e. The number of hydrogen-bond acceptors (Lipinski definition) is 3. The first-order valence-electron chi connectivity index (χ1n) is 7.64. The van der Waals surface area contributed by atoms with E-state index in [4.69, 9.17) is 10.3 Å². The number of furan rings is 1. The third-order valence-electron chi connectivity index (χ3n) is 4.86. The monoisotopic (exact) mass is 290 g/mol. The van der Waals surface area contributed by atoms with Gasteiger partial charge in [-0.2, -0.15) is 0 Å². The molecule has 4 heteroatoms. The molecule has 3 nitrogen and oxygen atoms in total. The summed E-state index contributed by atoms with van der Waals surface area (Å²) < 4.78 is 19.5. The third kappa shape index (κ3) is 2.83. The zero-order valence-corrected chi connectivity index (χ0v) is 12.7. The van der Waals surface area contributed by atoms with E-state index in [9.17, 15) is 4.39 Å². The van der Waals surface area contributed by atoms with Gasteiger partial charge >= 0.3 is 0 Å². The maximum atomic E-state index is 13.8. The molecule has 3 rings (SSSR count). The number of hydrazine groups is 1. The van der Waals surface area contributed by atoms with Crippen molar-refractivity contribution < 1.29 is 8.81 Å². The molecule has 1 saturated carbocycles. The fourth-order valence-electron chi connectivity index (χ4n) is 3.41. The molecule has 21 heavy (non-hydrogen) atoms. The van der Waals surface area contributed by atoms with Gasteiger partial charge in [0.05, 0.1) is 6.04 Å². The molecule has 1 aromatic heterocycles. The van der Waals surface area contributed by atoms with E-state index in [-0.39, 0.29) is 11.9 Å². The van der Waals surface area contributed by atoms with Crippen LogP contribution in [0.3, 0.4) is 0 Å². The number of para-hydroxylation sites is 1. The van der Waals surface area contributed by atoms with Crippen LogP contribution in [0.4, 0.5) is 4.39 Å². The zero-order chi connectivity index (χ0) is 15.0. The molecule has 1 unspecified atom stereocenters. The average Bonchev–Trinajstić information content (AvgIpc) is 2.86. The molecule has 1 aromatic carbocycles. The molecule has 1 heterocycles. The highest BCUT2D eigenvalue weighted by molar-refractivity contribution is 5.78. The molecule has 114 valence electrons. The topological polar surface area (TPSA) is 51.2 Å². The van der Waals surface area contributed by atoms with Crippen LogP contribution < -0.4 is 11.3 Å². The molecule has 1 fully saturated rings. The fraction of sp³-hybridized carbons (Fsp3) is 0.529. The normalized spacial score (nSPS) is 20.8. The lowest BCUT2D eigenvalue weighted by molar-refractivity contribution is 0.153. The van der Waals surface area contributed by atoms with Crippen molar-refractivity contribution in [3.05, 3.63) is 35.8 Å². The lowest BCUT2D eigenvalue weighted by atomic mass is 9.71. The summed E-state index contributed by atoms with van der Waals surface area (Å²) in [7, 11) is 0. The predicted octanol–water partition coefficient (Wildman–Crippen LogP) is 4.29. The summed E-state index contributed by atoms with van der Waals surface area (Å²) in [6.07, 6.45) is 4.59. The Morgan fingerprint density at radius 3 is 2.67 bits per heavy atom. The van der Waals surface area contributed by atoms with Crippen LogP contribution in [-0.4, -0.2) is 0 Å². The third-order valence-corrected chi connectivity index (χ3v) is 4.86. The standard InChI is InChI=1S/C17H23FN2O/c1-17(2)8-6-11(7-9-17)15(20-19)14-10-12-4-3-5-13(18)16(12)21-14/h3-5,10-11,15,20H,6-9,19H2,1-2H3. The van der Waals surface area contributed by atoms with Crippen LogP contribution in [0.5, 0.6) is 0 Å². The summed E-state index contributed by atoms with van der Waals surface area (Å²) in [5, 5.41) is 0.793. The fourth-order valence-corrected chi connectivity index (χ4v) is 3.41. The quantitative estimate of drug-likeness (QED) is 0.655. The van der Waals surface area contributed by atoms with Gasteiger partial charge in [0, 0.05) is 5.39 Å². The Hall–Kier alpha value is -1.39. The molecule has 2 aromatic rings. The van der Waals surface area contributed by atoms with Gasteiger partial charge in [-0.05, 0) is 49.1 Å². The Labute approximate surface area is 124 Å². The number of nitrogens with two attached hydrogens (primary N) is 1. The smallest absolute Gasteiger partial charge is 0.169 e. The van der Waals surface area contributed by atoms with Gasteiger partial charge in [0.1, 0.15) is 5.76 Å². The van der Waals surface area contributed by atoms with E-state index in [0.29, 0.717) is 16.9 Å². The Bertz CT molecular complexity index is 625. The van der Waals surface area contributed by atoms with Crippen LogP contribution in [0.2, 0.25) is 0 Å². The highest BCUT2D eigenvalue weighted by Gasteiger charge is 2.33. The van der Waals surface area contributed by atoms with E-state index in [1.807, 2.05) is 12.1 Å². The van der Waals surface area contributed by atoms with Gasteiger partial charge in [-0.1, -0.05) is 26.0 Å². The molecule has 1 aliphatic rings. The Morgan fingerprint density at radius 2 is 2.05 bits per heavy atom. The summed E-state index contributed by atoms with van der Waals surface area (Å²) in [4.78, 5) is 0. The first-order chi connectivity index (χ1) is 10.00. The van der Waals surface area contributed by atoms with Gasteiger partial charge in [0.25, 0.3) is 0 Å². The van der Waals surface area contributed by atoms with Crippen molar-refractivity contribution in [1.82, 2.24) is 5.43 Å². The molecule has 0 amide bonds. The Morgan fingerprint density at radius 1 is 1.33 bits per heavy atom. The van der Waals surface area contributed by atoms with Crippen LogP contribution in [-0.2, 0) is 0 Å². The van der Waals surface area contributed by atoms with Crippen molar-refractivity contribution in [1.29, 1.82) is 0 Å². The molecular weight excluding hydrogens is 267 g/mol. The number of benzene rings is 1. The van der Waals surface area contributed by atoms with E-state index in [0.717, 1.165) is 24.0 Å². The van der Waals surface area contributed by atoms with E-state index in [1.165, 1.54) is 18.9 Å². The van der Waals surface area contributed by atoms with Crippen LogP contribution in [0.15, 0.2) is 28.7 Å². The van der Waals surface area contributed by atoms with Crippen LogP contribution in [0.25, 0.3) is 11.0 Å². The van der Waals surface area contributed by atoms with Gasteiger partial charge in [-0.3, -0.25) is 5.84 Å². The molecule has 3 N–H and O–H groups in total. The van der Waals surface area contributed by atoms with Crippen molar-refractivity contribution in [3.63, 3.8) is 0 Å². The van der Waals surface area contributed by atoms with Crippen LogP contribution in [0, 0.1) is 17.2 Å². The lowest BCUT2D eigenvalue weighted by Crippen LogP contribution is -2.36. The SMILES string of the molecule is CC1(C)CCC(C(NN)c2cc3cccc(F)c3o2)CC1. The van der Waals surface area contributed by atoms with E-state index in [1.54, 1.807) is 6.07 Å². The number of hydrogen-bond donors (Lipinski definition) is 2. The first-order valence-corrected chi connectivity index (χ1v) is 7.64. The average molecular weight is 290 g/mol. The lowest BCUT2D eigenvalue weighted by Gasteiger charge is -2.37. The minimum absolute atomic E-state index is 0.0482. The minimum atomic E-state index is -0.320. The van der Waals surface area contributed by atoms with E-state index >= 15 is 0 Å². The van der Waals surface area contributed by atoms with Crippen molar-refractivity contribution in [2.24, 2.45) is 17.2 Å². The van der Waals surface area contributed by atoms with Gasteiger partial charge < -0.3 is 4.42 Å². The highest BCUT2D eigenvalue weighted by Crippen LogP contribution is 2.43. The van der Waals surface area contributed by atoms with Crippen LogP contribution in [0.1, 0.15) is 51.3 Å². The van der Waals surface area contributed by atoms with Gasteiger partial charge in [0.15, 0.2) is 11.4 Å². The number of halogens is 1. The summed E-state index contributed by atoms with van der Waals surface area (Å²) in [6.45, 7) is 4.62. The summed E-state index contributed by atoms with van der Waals surface area (Å²) in [5.41, 5.74) is 3.62. The summed E-state index contributed by atoms with van der Waals surface area (Å²) in [6, 6.07) is 6.84. The molecule has 0 saturated heterocycles. The molecule has 0 spiro atoms. The number of nitrogens with one attached hydrogen (secondary N) is 1. The first kappa shape index (κ1) is 14.5. The molecule has 0 radical (unpaired) electrons. The van der Waals surface area contributed by atoms with Gasteiger partial charge in [0.2, 0.25) is 0 Å². The molecule has 1 aliphatic carbocycles. The second-order valence-corrected chi connectivity index (χ2v) is 6.95. The Balaban J connectivity index is 1.87. The molecule has 0 bridgehead atoms. The summed E-state index contributed by atoms with van der Waals surface area (Å²) >= 11 is 0. The van der Waals surface area contributed by atoms with Gasteiger partial charge in [-0.25, -0.2) is 9.82 Å².